The van der Waals surface area contributed by atoms with E-state index in [2.05, 4.69) is 22.5 Å². The van der Waals surface area contributed by atoms with Crippen LogP contribution in [-0.4, -0.2) is 46.7 Å². The topological polar surface area (TPSA) is 47.9 Å². The summed E-state index contributed by atoms with van der Waals surface area (Å²) < 4.78 is 16.9. The number of ether oxygens (including phenoxy) is 3. The highest BCUT2D eigenvalue weighted by Gasteiger charge is 2.65. The Kier molecular flexibility index (Phi) is 3.42. The molecule has 1 aliphatic heterocycles. The zero-order valence-electron chi connectivity index (χ0n) is 10.4. The van der Waals surface area contributed by atoms with E-state index in [0.29, 0.717) is 6.42 Å². The molecule has 5 heteroatoms. The molecule has 0 aromatic rings. The van der Waals surface area contributed by atoms with Crippen LogP contribution in [-0.2, 0) is 14.2 Å². The molecule has 1 aliphatic carbocycles. The number of methoxy groups -OCH3 is 1. The predicted molar refractivity (Wildman–Crippen MR) is 67.1 cm³/mol. The van der Waals surface area contributed by atoms with Gasteiger partial charge in [-0.15, -0.1) is 6.58 Å². The Bertz CT molecular complexity index is 320. The molecule has 0 aromatic carbocycles. The van der Waals surface area contributed by atoms with Gasteiger partial charge in [-0.2, -0.15) is 0 Å². The molecule has 1 saturated carbocycles. The quantitative estimate of drug-likeness (QED) is 0.633. The number of rotatable bonds is 4. The fourth-order valence-electron chi connectivity index (χ4n) is 2.30. The molecule has 1 N–H and O–H groups in total. The Morgan fingerprint density at radius 1 is 1.53 bits per heavy atom. The maximum atomic E-state index is 10.4. The van der Waals surface area contributed by atoms with E-state index in [9.17, 15) is 5.11 Å². The van der Waals surface area contributed by atoms with Crippen molar-refractivity contribution in [1.29, 1.82) is 0 Å². The first-order chi connectivity index (χ1) is 7.84. The molecule has 5 atom stereocenters. The van der Waals surface area contributed by atoms with E-state index in [1.807, 2.05) is 13.8 Å². The average molecular weight is 307 g/mol. The van der Waals surface area contributed by atoms with Gasteiger partial charge in [-0.1, -0.05) is 22.0 Å². The van der Waals surface area contributed by atoms with Crippen molar-refractivity contribution in [2.75, 3.05) is 7.11 Å². The van der Waals surface area contributed by atoms with Crippen molar-refractivity contribution in [2.45, 2.75) is 54.8 Å². The van der Waals surface area contributed by atoms with Gasteiger partial charge in [0.2, 0.25) is 0 Å². The van der Waals surface area contributed by atoms with E-state index in [1.165, 1.54) is 0 Å². The maximum absolute atomic E-state index is 10.4. The Hall–Kier alpha value is 0.0600. The van der Waals surface area contributed by atoms with Crippen molar-refractivity contribution >= 4 is 15.9 Å². The Labute approximate surface area is 110 Å². The van der Waals surface area contributed by atoms with Crippen LogP contribution in [0.5, 0.6) is 0 Å². The zero-order valence-corrected chi connectivity index (χ0v) is 11.9. The fraction of sp³-hybridized carbons (Fsp3) is 0.833. The van der Waals surface area contributed by atoms with Crippen LogP contribution in [0.15, 0.2) is 12.7 Å². The lowest BCUT2D eigenvalue weighted by atomic mass is 10.0. The summed E-state index contributed by atoms with van der Waals surface area (Å²) >= 11 is 3.42. The number of hydrogen-bond acceptors (Lipinski definition) is 4. The van der Waals surface area contributed by atoms with Crippen molar-refractivity contribution in [2.24, 2.45) is 0 Å². The number of hydrogen-bond donors (Lipinski definition) is 1. The molecule has 0 radical (unpaired) electrons. The van der Waals surface area contributed by atoms with Crippen LogP contribution < -0.4 is 0 Å². The largest absolute Gasteiger partial charge is 0.386 e. The van der Waals surface area contributed by atoms with Gasteiger partial charge in [-0.25, -0.2) is 0 Å². The summed E-state index contributed by atoms with van der Waals surface area (Å²) in [6, 6.07) is 0. The first kappa shape index (κ1) is 13.5. The van der Waals surface area contributed by atoms with Gasteiger partial charge in [0.25, 0.3) is 0 Å². The molecule has 2 aliphatic rings. The maximum Gasteiger partial charge on any atom is 0.164 e. The number of halogens is 1. The normalized spacial score (nSPS) is 45.6. The minimum atomic E-state index is -0.863. The van der Waals surface area contributed by atoms with Gasteiger partial charge in [-0.3, -0.25) is 0 Å². The summed E-state index contributed by atoms with van der Waals surface area (Å²) in [4.78, 5) is 0.0577. The van der Waals surface area contributed by atoms with Crippen molar-refractivity contribution in [1.82, 2.24) is 0 Å². The minimum Gasteiger partial charge on any atom is -0.386 e. The lowest BCUT2D eigenvalue weighted by Gasteiger charge is -2.26. The molecule has 17 heavy (non-hydrogen) atoms. The van der Waals surface area contributed by atoms with Crippen LogP contribution in [0.1, 0.15) is 20.3 Å². The van der Waals surface area contributed by atoms with Crippen LogP contribution in [0.4, 0.5) is 0 Å². The Morgan fingerprint density at radius 2 is 2.12 bits per heavy atom. The second-order valence-corrected chi connectivity index (χ2v) is 6.22. The van der Waals surface area contributed by atoms with Crippen LogP contribution >= 0.6 is 15.9 Å². The van der Waals surface area contributed by atoms with E-state index in [0.717, 1.165) is 0 Å². The van der Waals surface area contributed by atoms with Crippen LogP contribution in [0.3, 0.4) is 0 Å². The summed E-state index contributed by atoms with van der Waals surface area (Å²) in [5.41, 5.74) is -0.863. The monoisotopic (exact) mass is 306 g/mol. The predicted octanol–water partition coefficient (Wildman–Crippen LogP) is 1.61. The van der Waals surface area contributed by atoms with Gasteiger partial charge in [0.05, 0.1) is 0 Å². The van der Waals surface area contributed by atoms with E-state index in [4.69, 9.17) is 14.2 Å². The van der Waals surface area contributed by atoms with E-state index in [1.54, 1.807) is 13.2 Å². The van der Waals surface area contributed by atoms with Gasteiger partial charge in [0.15, 0.2) is 5.79 Å². The molecule has 0 aromatic heterocycles. The van der Waals surface area contributed by atoms with E-state index >= 15 is 0 Å². The number of alkyl halides is 1. The molecule has 98 valence electrons. The molecular weight excluding hydrogens is 288 g/mol. The number of aliphatic hydroxyl groups is 1. The highest BCUT2D eigenvalue weighted by Crippen LogP contribution is 2.51. The third-order valence-electron chi connectivity index (χ3n) is 3.34. The SMILES string of the molecule is C=CC(OC)C1OC(C)(C)OC1[C@@]1(O)C[C@H]1Br. The molecule has 1 heterocycles. The molecule has 3 unspecified atom stereocenters. The van der Waals surface area contributed by atoms with Crippen molar-refractivity contribution in [3.63, 3.8) is 0 Å². The van der Waals surface area contributed by atoms with Gasteiger partial charge in [-0.05, 0) is 20.3 Å². The lowest BCUT2D eigenvalue weighted by Crippen LogP contribution is -2.44. The highest BCUT2D eigenvalue weighted by atomic mass is 79.9. The first-order valence-electron chi connectivity index (χ1n) is 5.71. The molecule has 0 bridgehead atoms. The standard InChI is InChI=1S/C12H19BrO4/c1-5-7(15-4)9-10(12(14)6-8(12)13)17-11(2,3)16-9/h5,7-10,14H,1,6H2,2-4H3/t7?,8-,9?,10?,12-/m1/s1. The van der Waals surface area contributed by atoms with Crippen LogP contribution in [0, 0.1) is 0 Å². The smallest absolute Gasteiger partial charge is 0.164 e. The van der Waals surface area contributed by atoms with Gasteiger partial charge in [0, 0.05) is 11.9 Å². The summed E-state index contributed by atoms with van der Waals surface area (Å²) in [5, 5.41) is 10.4. The third kappa shape index (κ3) is 2.31. The molecular formula is C12H19BrO4. The Morgan fingerprint density at radius 3 is 2.53 bits per heavy atom. The zero-order chi connectivity index (χ0) is 12.8. The molecule has 1 saturated heterocycles. The summed E-state index contributed by atoms with van der Waals surface area (Å²) in [6.07, 6.45) is 1.33. The van der Waals surface area contributed by atoms with E-state index < -0.39 is 17.5 Å². The molecule has 4 nitrogen and oxygen atoms in total. The Balaban J connectivity index is 2.20. The van der Waals surface area contributed by atoms with Crippen LogP contribution in [0.25, 0.3) is 0 Å². The first-order valence-corrected chi connectivity index (χ1v) is 6.63. The van der Waals surface area contributed by atoms with Crippen molar-refractivity contribution < 1.29 is 19.3 Å². The van der Waals surface area contributed by atoms with Crippen LogP contribution in [0.2, 0.25) is 0 Å². The summed E-state index contributed by atoms with van der Waals surface area (Å²) in [6.45, 7) is 7.40. The molecule has 2 rings (SSSR count). The van der Waals surface area contributed by atoms with E-state index in [-0.39, 0.29) is 17.0 Å². The second kappa shape index (κ2) is 4.31. The second-order valence-electron chi connectivity index (χ2n) is 5.12. The molecule has 0 spiro atoms. The summed E-state index contributed by atoms with van der Waals surface area (Å²) in [5.74, 6) is -0.708. The third-order valence-corrected chi connectivity index (χ3v) is 4.46. The fourth-order valence-corrected chi connectivity index (χ4v) is 3.08. The van der Waals surface area contributed by atoms with Gasteiger partial charge >= 0.3 is 0 Å². The highest BCUT2D eigenvalue weighted by molar-refractivity contribution is 9.09. The van der Waals surface area contributed by atoms with Crippen molar-refractivity contribution in [3.8, 4) is 0 Å². The average Bonchev–Trinajstić information content (AvgIpc) is 2.69. The molecule has 2 fully saturated rings. The van der Waals surface area contributed by atoms with Gasteiger partial charge < -0.3 is 19.3 Å². The van der Waals surface area contributed by atoms with Gasteiger partial charge in [0.1, 0.15) is 23.9 Å². The van der Waals surface area contributed by atoms with Crippen molar-refractivity contribution in [3.05, 3.63) is 12.7 Å². The summed E-state index contributed by atoms with van der Waals surface area (Å²) in [7, 11) is 1.60. The lowest BCUT2D eigenvalue weighted by molar-refractivity contribution is -0.161. The molecule has 0 amide bonds. The minimum absolute atomic E-state index is 0.0577.